The molecule has 0 heterocycles. The molecule has 0 rings (SSSR count). The standard InChI is InChI=1S/C10H21N/c1-5-7-11(8-6-2)9-10(3)4/h3,5-9H2,1-2,4H3/i3+6,10+1. The Morgan fingerprint density at radius 1 is 1.18 bits per heavy atom. The first-order valence-corrected chi connectivity index (χ1v) is 4.57. The van der Waals surface area contributed by atoms with Crippen LogP contribution >= 0.6 is 0 Å². The monoisotopic (exact) mass is 162 g/mol. The second-order valence-corrected chi connectivity index (χ2v) is 3.23. The average molecular weight is 162 g/mol. The van der Waals surface area contributed by atoms with E-state index in [1.165, 1.54) is 31.5 Å². The van der Waals surface area contributed by atoms with Crippen LogP contribution in [0.15, 0.2) is 12.2 Å². The largest absolute Gasteiger partial charge is 0.299 e. The van der Waals surface area contributed by atoms with Crippen LogP contribution in [-0.4, -0.2) is 24.5 Å². The van der Waals surface area contributed by atoms with Gasteiger partial charge in [-0.25, -0.2) is 0 Å². The van der Waals surface area contributed by atoms with Crippen molar-refractivity contribution in [2.45, 2.75) is 33.6 Å². The zero-order chi connectivity index (χ0) is 8.69. The molecule has 0 fully saturated rings. The van der Waals surface area contributed by atoms with E-state index in [2.05, 4.69) is 32.3 Å². The molecule has 0 spiro atoms. The van der Waals surface area contributed by atoms with Crippen molar-refractivity contribution in [2.24, 2.45) is 0 Å². The molecule has 1 heteroatoms. The van der Waals surface area contributed by atoms with Crippen molar-refractivity contribution in [3.8, 4) is 0 Å². The van der Waals surface area contributed by atoms with E-state index >= 15 is 0 Å². The second kappa shape index (κ2) is 6.41. The fraction of sp³-hybridized carbons (Fsp3) is 0.800. The summed E-state index contributed by atoms with van der Waals surface area (Å²) in [5.41, 5.74) is 1.27. The Balaban J connectivity index is 3.59. The summed E-state index contributed by atoms with van der Waals surface area (Å²) in [4.78, 5) is 2.46. The minimum atomic E-state index is 1.07. The van der Waals surface area contributed by atoms with Crippen LogP contribution in [0.5, 0.6) is 0 Å². The van der Waals surface area contributed by atoms with Gasteiger partial charge in [0.2, 0.25) is 0 Å². The van der Waals surface area contributed by atoms with Crippen molar-refractivity contribution in [3.05, 3.63) is 12.2 Å². The maximum Gasteiger partial charge on any atom is 0.0187 e. The Labute approximate surface area is 71.1 Å². The molecule has 0 atom stereocenters. The van der Waals surface area contributed by atoms with Crippen LogP contribution in [0, 0.1) is 0 Å². The van der Waals surface area contributed by atoms with Crippen LogP contribution in [0.4, 0.5) is 0 Å². The Morgan fingerprint density at radius 2 is 1.64 bits per heavy atom. The summed E-state index contributed by atoms with van der Waals surface area (Å²) in [5, 5.41) is 0. The fourth-order valence-corrected chi connectivity index (χ4v) is 1.28. The minimum absolute atomic E-state index is 1.07. The molecule has 0 aromatic rings. The van der Waals surface area contributed by atoms with Crippen molar-refractivity contribution in [2.75, 3.05) is 19.6 Å². The second-order valence-electron chi connectivity index (χ2n) is 3.23. The van der Waals surface area contributed by atoms with Gasteiger partial charge in [0.05, 0.1) is 0 Å². The molecular formula is C10H21N. The van der Waals surface area contributed by atoms with Gasteiger partial charge < -0.3 is 0 Å². The summed E-state index contributed by atoms with van der Waals surface area (Å²) in [6.07, 6.45) is 2.49. The van der Waals surface area contributed by atoms with E-state index in [-0.39, 0.29) is 0 Å². The van der Waals surface area contributed by atoms with Crippen LogP contribution in [0.25, 0.3) is 0 Å². The molecule has 0 aromatic carbocycles. The van der Waals surface area contributed by atoms with Gasteiger partial charge in [-0.2, -0.15) is 0 Å². The molecule has 0 aliphatic rings. The number of nitrogens with zero attached hydrogens (tertiary/aromatic N) is 1. The van der Waals surface area contributed by atoms with E-state index in [1.54, 1.807) is 0 Å². The van der Waals surface area contributed by atoms with Gasteiger partial charge in [0.1, 0.15) is 0 Å². The van der Waals surface area contributed by atoms with E-state index in [0.29, 0.717) is 0 Å². The third-order valence-corrected chi connectivity index (χ3v) is 1.57. The van der Waals surface area contributed by atoms with Crippen molar-refractivity contribution in [1.82, 2.24) is 4.90 Å². The predicted molar refractivity (Wildman–Crippen MR) is 51.8 cm³/mol. The highest BCUT2D eigenvalue weighted by Crippen LogP contribution is 1.98. The molecule has 0 aliphatic carbocycles. The SMILES string of the molecule is CCCN(CCC)C[13C](C)=[18CH2]. The van der Waals surface area contributed by atoms with Gasteiger partial charge in [-0.1, -0.05) is 26.0 Å². The number of hydrogen-bond donors (Lipinski definition) is 0. The molecule has 1 nitrogen and oxygen atoms in total. The molecule has 11 heavy (non-hydrogen) atoms. The van der Waals surface area contributed by atoms with Crippen LogP contribution in [-0.2, 0) is 0 Å². The molecule has 0 unspecified atom stereocenters. The molecular weight excluding hydrogens is 141 g/mol. The zero-order valence-corrected chi connectivity index (χ0v) is 8.19. The predicted octanol–water partition coefficient (Wildman–Crippen LogP) is 2.68. The first-order chi connectivity index (χ1) is 5.20. The summed E-state index contributed by atoms with van der Waals surface area (Å²) >= 11 is 0. The third-order valence-electron chi connectivity index (χ3n) is 1.57. The Hall–Kier alpha value is -0.300. The zero-order valence-electron chi connectivity index (χ0n) is 8.19. The molecule has 0 bridgehead atoms. The lowest BCUT2D eigenvalue weighted by Crippen LogP contribution is -2.26. The summed E-state index contributed by atoms with van der Waals surface area (Å²) in [5.74, 6) is 0. The summed E-state index contributed by atoms with van der Waals surface area (Å²) in [6.45, 7) is 13.9. The molecule has 0 amide bonds. The lowest BCUT2D eigenvalue weighted by Gasteiger charge is -2.20. The van der Waals surface area contributed by atoms with Crippen molar-refractivity contribution in [3.63, 3.8) is 0 Å². The minimum Gasteiger partial charge on any atom is -0.299 e. The summed E-state index contributed by atoms with van der Waals surface area (Å²) in [6, 6.07) is 0. The lowest BCUT2D eigenvalue weighted by atomic mass is 10.4. The third kappa shape index (κ3) is 6.11. The highest BCUT2D eigenvalue weighted by atomic mass is 18.1. The quantitative estimate of drug-likeness (QED) is 0.429. The van der Waals surface area contributed by atoms with Crippen molar-refractivity contribution in [1.29, 1.82) is 0 Å². The highest BCUT2D eigenvalue weighted by molar-refractivity contribution is 4.91. The molecule has 0 saturated heterocycles. The maximum absolute atomic E-state index is 3.92. The molecule has 0 aromatic heterocycles. The lowest BCUT2D eigenvalue weighted by molar-refractivity contribution is 0.297. The van der Waals surface area contributed by atoms with Gasteiger partial charge >= 0.3 is 0 Å². The van der Waals surface area contributed by atoms with Crippen molar-refractivity contribution >= 4 is 0 Å². The first kappa shape index (κ1) is 10.7. The molecule has 0 aliphatic heterocycles. The Bertz CT molecular complexity index is 101. The molecule has 0 N–H and O–H groups in total. The van der Waals surface area contributed by atoms with Crippen LogP contribution in [0.3, 0.4) is 0 Å². The van der Waals surface area contributed by atoms with Gasteiger partial charge in [0.15, 0.2) is 0 Å². The van der Waals surface area contributed by atoms with E-state index < -0.39 is 0 Å². The highest BCUT2D eigenvalue weighted by Gasteiger charge is 2.00. The average Bonchev–Trinajstić information content (AvgIpc) is 1.87. The smallest absolute Gasteiger partial charge is 0.0187 e. The number of hydrogen-bond acceptors (Lipinski definition) is 1. The van der Waals surface area contributed by atoms with Crippen LogP contribution in [0.2, 0.25) is 0 Å². The normalized spacial score (nSPS) is 10.5. The van der Waals surface area contributed by atoms with Gasteiger partial charge in [-0.15, -0.1) is 0 Å². The molecule has 66 valence electrons. The summed E-state index contributed by atoms with van der Waals surface area (Å²) in [7, 11) is 0. The maximum atomic E-state index is 3.92. The summed E-state index contributed by atoms with van der Waals surface area (Å²) < 4.78 is 0. The van der Waals surface area contributed by atoms with Gasteiger partial charge in [0, 0.05) is 6.54 Å². The van der Waals surface area contributed by atoms with Crippen molar-refractivity contribution < 1.29 is 0 Å². The van der Waals surface area contributed by atoms with Crippen LogP contribution in [0.1, 0.15) is 33.6 Å². The van der Waals surface area contributed by atoms with E-state index in [1.807, 2.05) is 0 Å². The molecule has 0 radical (unpaired) electrons. The number of rotatable bonds is 6. The van der Waals surface area contributed by atoms with Gasteiger partial charge in [0.25, 0.3) is 0 Å². The van der Waals surface area contributed by atoms with Gasteiger partial charge in [-0.05, 0) is 32.9 Å². The Morgan fingerprint density at radius 3 is 1.91 bits per heavy atom. The Kier molecular flexibility index (Phi) is 6.24. The first-order valence-electron chi connectivity index (χ1n) is 4.57. The molecule has 0 saturated carbocycles. The fourth-order valence-electron chi connectivity index (χ4n) is 1.28. The van der Waals surface area contributed by atoms with E-state index in [9.17, 15) is 0 Å². The van der Waals surface area contributed by atoms with Crippen LogP contribution < -0.4 is 0 Å². The topological polar surface area (TPSA) is 3.24 Å². The van der Waals surface area contributed by atoms with Gasteiger partial charge in [-0.3, -0.25) is 4.90 Å². The van der Waals surface area contributed by atoms with E-state index in [4.69, 9.17) is 0 Å². The van der Waals surface area contributed by atoms with E-state index in [0.717, 1.165) is 6.54 Å².